The maximum Gasteiger partial charge on any atom is 0.0640 e. The molecule has 1 aliphatic carbocycles. The van der Waals surface area contributed by atoms with Gasteiger partial charge in [0.1, 0.15) is 0 Å². The minimum Gasteiger partial charge on any atom is -0.322 e. The molecule has 112 valence electrons. The number of rotatable bonds is 3. The van der Waals surface area contributed by atoms with E-state index in [2.05, 4.69) is 25.9 Å². The van der Waals surface area contributed by atoms with Crippen molar-refractivity contribution in [2.45, 2.75) is 44.2 Å². The van der Waals surface area contributed by atoms with E-state index < -0.39 is 0 Å². The van der Waals surface area contributed by atoms with Gasteiger partial charge in [0.15, 0.2) is 0 Å². The summed E-state index contributed by atoms with van der Waals surface area (Å²) in [6, 6.07) is 5.63. The Morgan fingerprint density at radius 1 is 1.35 bits per heavy atom. The Bertz CT molecular complexity index is 476. The van der Waals surface area contributed by atoms with Crippen molar-refractivity contribution in [1.82, 2.24) is 4.90 Å². The summed E-state index contributed by atoms with van der Waals surface area (Å²) in [6.45, 7) is 2.31. The van der Waals surface area contributed by atoms with E-state index in [9.17, 15) is 0 Å². The SMILES string of the molecule is CC1CCCC(C(N)c2cccc(Cl)c2Cl)(N(C)C)C1. The Balaban J connectivity index is 2.41. The van der Waals surface area contributed by atoms with Gasteiger partial charge in [-0.15, -0.1) is 0 Å². The number of likely N-dealkylation sites (N-methyl/N-ethyl adjacent to an activating group) is 1. The van der Waals surface area contributed by atoms with Gasteiger partial charge in [-0.05, 0) is 44.5 Å². The maximum absolute atomic E-state index is 6.65. The van der Waals surface area contributed by atoms with Crippen LogP contribution in [0.3, 0.4) is 0 Å². The Labute approximate surface area is 132 Å². The van der Waals surface area contributed by atoms with Crippen LogP contribution in [0.5, 0.6) is 0 Å². The van der Waals surface area contributed by atoms with Gasteiger partial charge in [-0.1, -0.05) is 55.1 Å². The molecule has 0 heterocycles. The van der Waals surface area contributed by atoms with E-state index in [-0.39, 0.29) is 11.6 Å². The van der Waals surface area contributed by atoms with Crippen molar-refractivity contribution in [2.24, 2.45) is 11.7 Å². The van der Waals surface area contributed by atoms with Crippen molar-refractivity contribution >= 4 is 23.2 Å². The number of nitrogens with zero attached hydrogens (tertiary/aromatic N) is 1. The molecule has 0 spiro atoms. The zero-order valence-corrected chi connectivity index (χ0v) is 14.0. The fraction of sp³-hybridized carbons (Fsp3) is 0.625. The fourth-order valence-electron chi connectivity index (χ4n) is 3.58. The highest BCUT2D eigenvalue weighted by Crippen LogP contribution is 2.45. The second-order valence-corrected chi connectivity index (χ2v) is 7.11. The third kappa shape index (κ3) is 2.85. The molecule has 1 aliphatic rings. The van der Waals surface area contributed by atoms with Crippen LogP contribution in [0.25, 0.3) is 0 Å². The van der Waals surface area contributed by atoms with E-state index in [1.807, 2.05) is 18.2 Å². The monoisotopic (exact) mass is 314 g/mol. The predicted molar refractivity (Wildman–Crippen MR) is 87.4 cm³/mol. The highest BCUT2D eigenvalue weighted by molar-refractivity contribution is 6.42. The quantitative estimate of drug-likeness (QED) is 0.889. The number of hydrogen-bond acceptors (Lipinski definition) is 2. The summed E-state index contributed by atoms with van der Waals surface area (Å²) in [6.07, 6.45) is 4.70. The van der Waals surface area contributed by atoms with Gasteiger partial charge in [0.25, 0.3) is 0 Å². The highest BCUT2D eigenvalue weighted by Gasteiger charge is 2.43. The van der Waals surface area contributed by atoms with Crippen molar-refractivity contribution < 1.29 is 0 Å². The number of nitrogens with two attached hydrogens (primary N) is 1. The molecule has 0 amide bonds. The van der Waals surface area contributed by atoms with E-state index >= 15 is 0 Å². The third-order valence-electron chi connectivity index (χ3n) is 4.79. The zero-order chi connectivity index (χ0) is 14.9. The average Bonchev–Trinajstić information content (AvgIpc) is 2.40. The molecular formula is C16H24Cl2N2. The van der Waals surface area contributed by atoms with E-state index in [1.165, 1.54) is 12.8 Å². The first-order valence-electron chi connectivity index (χ1n) is 7.25. The lowest BCUT2D eigenvalue weighted by Crippen LogP contribution is -2.54. The van der Waals surface area contributed by atoms with Crippen LogP contribution < -0.4 is 5.73 Å². The number of halogens is 2. The van der Waals surface area contributed by atoms with Crippen LogP contribution in [0, 0.1) is 5.92 Å². The minimum absolute atomic E-state index is 0.0357. The van der Waals surface area contributed by atoms with Crippen LogP contribution in [0.4, 0.5) is 0 Å². The summed E-state index contributed by atoms with van der Waals surface area (Å²) in [5, 5.41) is 1.18. The van der Waals surface area contributed by atoms with Gasteiger partial charge >= 0.3 is 0 Å². The van der Waals surface area contributed by atoms with Crippen LogP contribution in [0.2, 0.25) is 10.0 Å². The van der Waals surface area contributed by atoms with E-state index in [4.69, 9.17) is 28.9 Å². The van der Waals surface area contributed by atoms with Gasteiger partial charge in [0.05, 0.1) is 10.0 Å². The van der Waals surface area contributed by atoms with Gasteiger partial charge in [-0.25, -0.2) is 0 Å². The second-order valence-electron chi connectivity index (χ2n) is 6.32. The Hall–Kier alpha value is -0.280. The van der Waals surface area contributed by atoms with Gasteiger partial charge in [-0.3, -0.25) is 0 Å². The summed E-state index contributed by atoms with van der Waals surface area (Å²) >= 11 is 12.5. The van der Waals surface area contributed by atoms with Crippen molar-refractivity contribution in [1.29, 1.82) is 0 Å². The minimum atomic E-state index is -0.119. The van der Waals surface area contributed by atoms with Crippen molar-refractivity contribution in [3.8, 4) is 0 Å². The van der Waals surface area contributed by atoms with Gasteiger partial charge < -0.3 is 10.6 Å². The standard InChI is InChI=1S/C16H24Cl2N2/c1-11-6-5-9-16(10-11,20(2)3)15(19)12-7-4-8-13(17)14(12)18/h4,7-8,11,15H,5-6,9-10,19H2,1-3H3. The van der Waals surface area contributed by atoms with Crippen molar-refractivity contribution in [2.75, 3.05) is 14.1 Å². The molecular weight excluding hydrogens is 291 g/mol. The molecule has 0 radical (unpaired) electrons. The van der Waals surface area contributed by atoms with Crippen molar-refractivity contribution in [3.63, 3.8) is 0 Å². The van der Waals surface area contributed by atoms with Crippen molar-refractivity contribution in [3.05, 3.63) is 33.8 Å². The molecule has 20 heavy (non-hydrogen) atoms. The molecule has 0 bridgehead atoms. The molecule has 1 aromatic rings. The molecule has 0 aliphatic heterocycles. The predicted octanol–water partition coefficient (Wildman–Crippen LogP) is 4.50. The molecule has 2 rings (SSSR count). The largest absolute Gasteiger partial charge is 0.322 e. The summed E-state index contributed by atoms with van der Waals surface area (Å²) < 4.78 is 0. The molecule has 1 fully saturated rings. The Morgan fingerprint density at radius 2 is 2.05 bits per heavy atom. The van der Waals surface area contributed by atoms with E-state index in [0.29, 0.717) is 16.0 Å². The molecule has 0 saturated heterocycles. The van der Waals surface area contributed by atoms with Crippen LogP contribution in [-0.4, -0.2) is 24.5 Å². The average molecular weight is 315 g/mol. The lowest BCUT2D eigenvalue weighted by molar-refractivity contribution is 0.0500. The first kappa shape index (κ1) is 16.1. The molecule has 2 nitrogen and oxygen atoms in total. The highest BCUT2D eigenvalue weighted by atomic mass is 35.5. The molecule has 1 saturated carbocycles. The third-order valence-corrected chi connectivity index (χ3v) is 5.63. The summed E-state index contributed by atoms with van der Waals surface area (Å²) in [5.74, 6) is 0.690. The van der Waals surface area contributed by atoms with Crippen LogP contribution in [0.15, 0.2) is 18.2 Å². The van der Waals surface area contributed by atoms with E-state index in [0.717, 1.165) is 18.4 Å². The molecule has 3 unspecified atom stereocenters. The van der Waals surface area contributed by atoms with E-state index in [1.54, 1.807) is 0 Å². The maximum atomic E-state index is 6.65. The molecule has 4 heteroatoms. The van der Waals surface area contributed by atoms with Gasteiger partial charge in [-0.2, -0.15) is 0 Å². The van der Waals surface area contributed by atoms with Crippen LogP contribution in [0.1, 0.15) is 44.2 Å². The summed E-state index contributed by atoms with van der Waals surface area (Å²) in [5.41, 5.74) is 7.58. The lowest BCUT2D eigenvalue weighted by Gasteiger charge is -2.49. The summed E-state index contributed by atoms with van der Waals surface area (Å²) in [4.78, 5) is 2.28. The number of hydrogen-bond donors (Lipinski definition) is 1. The Morgan fingerprint density at radius 3 is 2.65 bits per heavy atom. The summed E-state index contributed by atoms with van der Waals surface area (Å²) in [7, 11) is 4.24. The van der Waals surface area contributed by atoms with Gasteiger partial charge in [0, 0.05) is 11.6 Å². The lowest BCUT2D eigenvalue weighted by atomic mass is 9.70. The first-order chi connectivity index (χ1) is 9.38. The normalized spacial score (nSPS) is 28.6. The molecule has 3 atom stereocenters. The number of benzene rings is 1. The first-order valence-corrected chi connectivity index (χ1v) is 8.01. The second kappa shape index (κ2) is 6.23. The van der Waals surface area contributed by atoms with Gasteiger partial charge in [0.2, 0.25) is 0 Å². The smallest absolute Gasteiger partial charge is 0.0640 e. The topological polar surface area (TPSA) is 29.3 Å². The Kier molecular flexibility index (Phi) is 5.01. The fourth-order valence-corrected chi connectivity index (χ4v) is 4.01. The molecule has 1 aromatic carbocycles. The zero-order valence-electron chi connectivity index (χ0n) is 12.5. The van der Waals surface area contributed by atoms with Crippen LogP contribution in [-0.2, 0) is 0 Å². The van der Waals surface area contributed by atoms with Crippen LogP contribution >= 0.6 is 23.2 Å². The molecule has 0 aromatic heterocycles. The molecule has 2 N–H and O–H groups in total.